The van der Waals surface area contributed by atoms with Crippen molar-refractivity contribution in [2.45, 2.75) is 32.7 Å². The molecule has 11 heteroatoms. The minimum Gasteiger partial charge on any atom is -0.465 e. The number of aromatic nitrogens is 4. The van der Waals surface area contributed by atoms with E-state index >= 15 is 0 Å². The highest BCUT2D eigenvalue weighted by molar-refractivity contribution is 7.17. The average molecular weight is 434 g/mol. The lowest BCUT2D eigenvalue weighted by atomic mass is 9.88. The van der Waals surface area contributed by atoms with Crippen molar-refractivity contribution in [2.75, 3.05) is 12.4 Å². The number of methoxy groups -OCH3 is 1. The standard InChI is InChI=1S/C18H19N5O4S2/c1-10-5-6-11-12(8-10)29-16(15(11)17(25)27-2)19-13(24)9-22-18(26)23(21-20-22)14-4-3-7-28-14/h3-4,7,10H,5-6,8-9H2,1-2H3,(H,19,24). The van der Waals surface area contributed by atoms with Crippen LogP contribution in [0.15, 0.2) is 22.3 Å². The molecule has 1 aliphatic rings. The minimum absolute atomic E-state index is 0.302. The lowest BCUT2D eigenvalue weighted by Crippen LogP contribution is -2.29. The first-order valence-electron chi connectivity index (χ1n) is 9.07. The van der Waals surface area contributed by atoms with E-state index in [4.69, 9.17) is 4.74 Å². The van der Waals surface area contributed by atoms with Crippen molar-refractivity contribution >= 4 is 39.6 Å². The number of anilines is 1. The molecule has 9 nitrogen and oxygen atoms in total. The smallest absolute Gasteiger partial charge is 0.369 e. The topological polar surface area (TPSA) is 108 Å². The van der Waals surface area contributed by atoms with E-state index in [9.17, 15) is 14.4 Å². The van der Waals surface area contributed by atoms with Crippen molar-refractivity contribution in [1.29, 1.82) is 0 Å². The van der Waals surface area contributed by atoms with E-state index in [0.29, 0.717) is 21.5 Å². The number of tetrazole rings is 1. The summed E-state index contributed by atoms with van der Waals surface area (Å²) in [6.45, 7) is 1.87. The molecule has 0 saturated carbocycles. The van der Waals surface area contributed by atoms with Crippen LogP contribution in [-0.2, 0) is 28.9 Å². The van der Waals surface area contributed by atoms with Gasteiger partial charge in [-0.3, -0.25) is 4.79 Å². The number of hydrogen-bond donors (Lipinski definition) is 1. The second-order valence-corrected chi connectivity index (χ2v) is 8.91. The zero-order valence-corrected chi connectivity index (χ0v) is 17.5. The van der Waals surface area contributed by atoms with Gasteiger partial charge in [0, 0.05) is 4.88 Å². The number of rotatable bonds is 5. The summed E-state index contributed by atoms with van der Waals surface area (Å²) in [5.41, 5.74) is 0.869. The van der Waals surface area contributed by atoms with E-state index in [1.165, 1.54) is 29.8 Å². The fourth-order valence-electron chi connectivity index (χ4n) is 3.36. The summed E-state index contributed by atoms with van der Waals surface area (Å²) in [5, 5.41) is 13.3. The summed E-state index contributed by atoms with van der Waals surface area (Å²) >= 11 is 2.74. The fourth-order valence-corrected chi connectivity index (χ4v) is 5.44. The third kappa shape index (κ3) is 3.75. The van der Waals surface area contributed by atoms with Gasteiger partial charge in [-0.15, -0.1) is 22.7 Å². The zero-order valence-electron chi connectivity index (χ0n) is 15.9. The van der Waals surface area contributed by atoms with Crippen LogP contribution in [0.25, 0.3) is 5.00 Å². The van der Waals surface area contributed by atoms with E-state index in [1.807, 2.05) is 5.38 Å². The van der Waals surface area contributed by atoms with Crippen molar-refractivity contribution in [3.8, 4) is 5.00 Å². The molecule has 1 amide bonds. The highest BCUT2D eigenvalue weighted by atomic mass is 32.1. The number of nitrogens with zero attached hydrogens (tertiary/aromatic N) is 4. The molecule has 0 aromatic carbocycles. The second kappa shape index (κ2) is 7.91. The largest absolute Gasteiger partial charge is 0.465 e. The van der Waals surface area contributed by atoms with Gasteiger partial charge in [0.15, 0.2) is 0 Å². The van der Waals surface area contributed by atoms with E-state index in [0.717, 1.165) is 39.1 Å². The summed E-state index contributed by atoms with van der Waals surface area (Å²) in [4.78, 5) is 38.4. The molecule has 0 saturated heterocycles. The van der Waals surface area contributed by atoms with Crippen LogP contribution in [0.4, 0.5) is 5.00 Å². The van der Waals surface area contributed by atoms with Gasteiger partial charge in [0.05, 0.1) is 12.7 Å². The molecule has 1 atom stereocenters. The van der Waals surface area contributed by atoms with Crippen LogP contribution in [0.1, 0.15) is 34.1 Å². The Morgan fingerprint density at radius 1 is 1.38 bits per heavy atom. The van der Waals surface area contributed by atoms with Crippen LogP contribution >= 0.6 is 22.7 Å². The number of carbonyl (C=O) groups is 2. The minimum atomic E-state index is -0.505. The second-order valence-electron chi connectivity index (χ2n) is 6.88. The third-order valence-electron chi connectivity index (χ3n) is 4.80. The average Bonchev–Trinajstić information content (AvgIpc) is 3.41. The number of esters is 1. The number of amides is 1. The van der Waals surface area contributed by atoms with Gasteiger partial charge in [0.2, 0.25) is 5.91 Å². The van der Waals surface area contributed by atoms with Gasteiger partial charge in [-0.25, -0.2) is 9.59 Å². The number of ether oxygens (including phenoxy) is 1. The summed E-state index contributed by atoms with van der Waals surface area (Å²) in [7, 11) is 1.33. The number of thiophene rings is 2. The SMILES string of the molecule is COC(=O)c1c(NC(=O)Cn2nnn(-c3cccs3)c2=O)sc2c1CCC(C)C2. The molecule has 4 rings (SSSR count). The molecule has 152 valence electrons. The van der Waals surface area contributed by atoms with Crippen molar-refractivity contribution in [1.82, 2.24) is 19.8 Å². The third-order valence-corrected chi connectivity index (χ3v) is 6.82. The molecular formula is C18H19N5O4S2. The first-order chi connectivity index (χ1) is 14.0. The van der Waals surface area contributed by atoms with E-state index in [-0.39, 0.29) is 6.54 Å². The Morgan fingerprint density at radius 2 is 2.21 bits per heavy atom. The van der Waals surface area contributed by atoms with E-state index in [2.05, 4.69) is 22.7 Å². The number of fused-ring (bicyclic) bond motifs is 1. The molecule has 1 N–H and O–H groups in total. The summed E-state index contributed by atoms with van der Waals surface area (Å²) in [6, 6.07) is 3.54. The molecule has 0 aliphatic heterocycles. The molecule has 3 heterocycles. The molecule has 29 heavy (non-hydrogen) atoms. The molecule has 3 aromatic rings. The molecule has 0 bridgehead atoms. The quantitative estimate of drug-likeness (QED) is 0.618. The molecule has 0 spiro atoms. The Kier molecular flexibility index (Phi) is 5.33. The van der Waals surface area contributed by atoms with Crippen LogP contribution in [-0.4, -0.2) is 38.8 Å². The Bertz CT molecular complexity index is 1110. The Hall–Kier alpha value is -2.79. The van der Waals surface area contributed by atoms with E-state index in [1.54, 1.807) is 12.1 Å². The maximum Gasteiger partial charge on any atom is 0.369 e. The molecule has 3 aromatic heterocycles. The lowest BCUT2D eigenvalue weighted by molar-refractivity contribution is -0.117. The van der Waals surface area contributed by atoms with Gasteiger partial charge in [-0.05, 0) is 58.7 Å². The van der Waals surface area contributed by atoms with Crippen LogP contribution in [0, 0.1) is 5.92 Å². The van der Waals surface area contributed by atoms with Crippen LogP contribution in [0.3, 0.4) is 0 Å². The zero-order chi connectivity index (χ0) is 20.5. The van der Waals surface area contributed by atoms with Crippen LogP contribution in [0.5, 0.6) is 0 Å². The Labute approximate surface area is 173 Å². The van der Waals surface area contributed by atoms with Crippen molar-refractivity contribution < 1.29 is 14.3 Å². The van der Waals surface area contributed by atoms with Gasteiger partial charge < -0.3 is 10.1 Å². The summed E-state index contributed by atoms with van der Waals surface area (Å²) in [5.74, 6) is -0.392. The molecule has 1 aliphatic carbocycles. The first kappa shape index (κ1) is 19.5. The van der Waals surface area contributed by atoms with Crippen molar-refractivity contribution in [3.63, 3.8) is 0 Å². The number of hydrogen-bond acceptors (Lipinski definition) is 8. The van der Waals surface area contributed by atoms with Gasteiger partial charge in [0.1, 0.15) is 16.5 Å². The van der Waals surface area contributed by atoms with Gasteiger partial charge in [-0.2, -0.15) is 9.36 Å². The van der Waals surface area contributed by atoms with Crippen LogP contribution in [0.2, 0.25) is 0 Å². The fraction of sp³-hybridized carbons (Fsp3) is 0.389. The molecule has 0 radical (unpaired) electrons. The molecular weight excluding hydrogens is 414 g/mol. The predicted octanol–water partition coefficient (Wildman–Crippen LogP) is 2.10. The lowest BCUT2D eigenvalue weighted by Gasteiger charge is -2.18. The van der Waals surface area contributed by atoms with E-state index < -0.39 is 17.6 Å². The van der Waals surface area contributed by atoms with Crippen molar-refractivity contribution in [3.05, 3.63) is 44.0 Å². The number of nitrogens with one attached hydrogen (secondary N) is 1. The molecule has 0 fully saturated rings. The Morgan fingerprint density at radius 3 is 2.93 bits per heavy atom. The molecule has 1 unspecified atom stereocenters. The highest BCUT2D eigenvalue weighted by Gasteiger charge is 2.29. The summed E-state index contributed by atoms with van der Waals surface area (Å²) < 4.78 is 7.06. The van der Waals surface area contributed by atoms with Gasteiger partial charge >= 0.3 is 11.7 Å². The number of carbonyl (C=O) groups excluding carboxylic acids is 2. The monoisotopic (exact) mass is 433 g/mol. The first-order valence-corrected chi connectivity index (χ1v) is 10.8. The highest BCUT2D eigenvalue weighted by Crippen LogP contribution is 2.40. The van der Waals surface area contributed by atoms with Crippen molar-refractivity contribution in [2.24, 2.45) is 5.92 Å². The van der Waals surface area contributed by atoms with Gasteiger partial charge in [-0.1, -0.05) is 6.92 Å². The maximum absolute atomic E-state index is 12.6. The predicted molar refractivity (Wildman–Crippen MR) is 109 cm³/mol. The summed E-state index contributed by atoms with van der Waals surface area (Å²) in [6.07, 6.45) is 2.64. The normalized spacial score (nSPS) is 15.7. The Balaban J connectivity index is 1.56. The van der Waals surface area contributed by atoms with Gasteiger partial charge in [0.25, 0.3) is 0 Å². The maximum atomic E-state index is 12.6. The van der Waals surface area contributed by atoms with Crippen LogP contribution < -0.4 is 11.0 Å².